The predicted molar refractivity (Wildman–Crippen MR) is 66.7 cm³/mol. The van der Waals surface area contributed by atoms with Crippen molar-refractivity contribution in [2.45, 2.75) is 4.90 Å². The van der Waals surface area contributed by atoms with E-state index in [2.05, 4.69) is 14.5 Å². The molecule has 1 heterocycles. The van der Waals surface area contributed by atoms with Crippen molar-refractivity contribution in [2.24, 2.45) is 5.73 Å². The standard InChI is InChI=1S/C11H14N2O4S/c1-16-10(14)8-5-7(18-4-3-12)6-9(13-8)11(15)17-2/h5-6H,3-4,12H2,1-2H3. The Labute approximate surface area is 109 Å². The molecule has 7 heteroatoms. The Kier molecular flexibility index (Phi) is 5.60. The first kappa shape index (κ1) is 14.5. The summed E-state index contributed by atoms with van der Waals surface area (Å²) in [6.07, 6.45) is 0. The second kappa shape index (κ2) is 6.97. The van der Waals surface area contributed by atoms with Gasteiger partial charge in [0, 0.05) is 17.2 Å². The van der Waals surface area contributed by atoms with Crippen molar-refractivity contribution in [1.29, 1.82) is 0 Å². The second-order valence-electron chi connectivity index (χ2n) is 3.19. The van der Waals surface area contributed by atoms with Gasteiger partial charge in [-0.25, -0.2) is 14.6 Å². The summed E-state index contributed by atoms with van der Waals surface area (Å²) in [5.74, 6) is -0.531. The smallest absolute Gasteiger partial charge is 0.356 e. The van der Waals surface area contributed by atoms with Gasteiger partial charge in [0.1, 0.15) is 11.4 Å². The zero-order valence-corrected chi connectivity index (χ0v) is 11.0. The van der Waals surface area contributed by atoms with Gasteiger partial charge >= 0.3 is 11.9 Å². The molecule has 0 aliphatic carbocycles. The Balaban J connectivity index is 3.11. The number of ether oxygens (including phenoxy) is 2. The van der Waals surface area contributed by atoms with Crippen LogP contribution in [-0.4, -0.2) is 43.4 Å². The summed E-state index contributed by atoms with van der Waals surface area (Å²) in [6.45, 7) is 0.494. The monoisotopic (exact) mass is 270 g/mol. The number of pyridine rings is 1. The molecule has 0 radical (unpaired) electrons. The number of nitrogens with two attached hydrogens (primary N) is 1. The molecular formula is C11H14N2O4S. The topological polar surface area (TPSA) is 91.5 Å². The van der Waals surface area contributed by atoms with Crippen molar-refractivity contribution in [3.8, 4) is 0 Å². The predicted octanol–water partition coefficient (Wildman–Crippen LogP) is 0.706. The van der Waals surface area contributed by atoms with Crippen molar-refractivity contribution < 1.29 is 19.1 Å². The Morgan fingerprint density at radius 1 is 1.22 bits per heavy atom. The third-order valence-corrected chi connectivity index (χ3v) is 2.98. The van der Waals surface area contributed by atoms with Crippen molar-refractivity contribution in [3.05, 3.63) is 23.5 Å². The third-order valence-electron chi connectivity index (χ3n) is 1.97. The van der Waals surface area contributed by atoms with E-state index in [1.807, 2.05) is 0 Å². The third kappa shape index (κ3) is 3.71. The highest BCUT2D eigenvalue weighted by atomic mass is 32.2. The van der Waals surface area contributed by atoms with E-state index in [0.29, 0.717) is 12.3 Å². The van der Waals surface area contributed by atoms with Crippen molar-refractivity contribution in [1.82, 2.24) is 4.98 Å². The van der Waals surface area contributed by atoms with Gasteiger partial charge in [0.05, 0.1) is 14.2 Å². The van der Waals surface area contributed by atoms with Crippen LogP contribution < -0.4 is 5.73 Å². The Hall–Kier alpha value is -1.60. The molecule has 0 bridgehead atoms. The largest absolute Gasteiger partial charge is 0.464 e. The van der Waals surface area contributed by atoms with Crippen LogP contribution in [0.3, 0.4) is 0 Å². The molecule has 0 spiro atoms. The highest BCUT2D eigenvalue weighted by Crippen LogP contribution is 2.20. The number of hydrogen-bond acceptors (Lipinski definition) is 7. The Morgan fingerprint density at radius 2 is 1.72 bits per heavy atom. The van der Waals surface area contributed by atoms with Crippen LogP contribution in [-0.2, 0) is 9.47 Å². The number of thioether (sulfide) groups is 1. The molecule has 0 atom stereocenters. The number of nitrogens with zero attached hydrogens (tertiary/aromatic N) is 1. The maximum Gasteiger partial charge on any atom is 0.356 e. The van der Waals surface area contributed by atoms with Gasteiger partial charge in [0.15, 0.2) is 0 Å². The number of rotatable bonds is 5. The van der Waals surface area contributed by atoms with Crippen LogP contribution in [0.5, 0.6) is 0 Å². The maximum atomic E-state index is 11.4. The fourth-order valence-electron chi connectivity index (χ4n) is 1.18. The summed E-state index contributed by atoms with van der Waals surface area (Å²) >= 11 is 1.42. The SMILES string of the molecule is COC(=O)c1cc(SCCN)cc(C(=O)OC)n1. The highest BCUT2D eigenvalue weighted by molar-refractivity contribution is 7.99. The average Bonchev–Trinajstić information content (AvgIpc) is 2.42. The van der Waals surface area contributed by atoms with Gasteiger partial charge in [0.2, 0.25) is 0 Å². The summed E-state index contributed by atoms with van der Waals surface area (Å²) in [7, 11) is 2.50. The first-order chi connectivity index (χ1) is 8.62. The summed E-state index contributed by atoms with van der Waals surface area (Å²) in [6, 6.07) is 3.11. The molecule has 1 aromatic heterocycles. The molecule has 0 fully saturated rings. The molecule has 0 saturated carbocycles. The first-order valence-corrected chi connectivity index (χ1v) is 6.12. The molecule has 2 N–H and O–H groups in total. The number of carbonyl (C=O) groups excluding carboxylic acids is 2. The fourth-order valence-corrected chi connectivity index (χ4v) is 1.93. The van der Waals surface area contributed by atoms with E-state index in [0.717, 1.165) is 4.90 Å². The number of methoxy groups -OCH3 is 2. The van der Waals surface area contributed by atoms with Crippen LogP contribution in [0.4, 0.5) is 0 Å². The van der Waals surface area contributed by atoms with E-state index >= 15 is 0 Å². The normalized spacial score (nSPS) is 9.94. The molecule has 0 amide bonds. The van der Waals surface area contributed by atoms with Crippen LogP contribution >= 0.6 is 11.8 Å². The zero-order valence-electron chi connectivity index (χ0n) is 10.1. The molecule has 1 aromatic rings. The molecule has 1 rings (SSSR count). The Morgan fingerprint density at radius 3 is 2.11 bits per heavy atom. The highest BCUT2D eigenvalue weighted by Gasteiger charge is 2.15. The number of carbonyl (C=O) groups is 2. The van der Waals surface area contributed by atoms with E-state index in [-0.39, 0.29) is 11.4 Å². The van der Waals surface area contributed by atoms with Crippen molar-refractivity contribution in [2.75, 3.05) is 26.5 Å². The lowest BCUT2D eigenvalue weighted by atomic mass is 10.3. The van der Waals surface area contributed by atoms with Gasteiger partial charge in [-0.15, -0.1) is 11.8 Å². The summed E-state index contributed by atoms with van der Waals surface area (Å²) in [4.78, 5) is 27.5. The summed E-state index contributed by atoms with van der Waals surface area (Å²) in [5, 5.41) is 0. The van der Waals surface area contributed by atoms with E-state index in [9.17, 15) is 9.59 Å². The average molecular weight is 270 g/mol. The minimum Gasteiger partial charge on any atom is -0.464 e. The molecule has 18 heavy (non-hydrogen) atoms. The fraction of sp³-hybridized carbons (Fsp3) is 0.364. The second-order valence-corrected chi connectivity index (χ2v) is 4.36. The van der Waals surface area contributed by atoms with Gasteiger partial charge in [-0.2, -0.15) is 0 Å². The van der Waals surface area contributed by atoms with E-state index < -0.39 is 11.9 Å². The number of esters is 2. The molecule has 0 unspecified atom stereocenters. The van der Waals surface area contributed by atoms with Gasteiger partial charge in [0.25, 0.3) is 0 Å². The van der Waals surface area contributed by atoms with Crippen LogP contribution in [0, 0.1) is 0 Å². The van der Waals surface area contributed by atoms with E-state index in [1.54, 1.807) is 12.1 Å². The molecule has 0 saturated heterocycles. The van der Waals surface area contributed by atoms with Gasteiger partial charge in [-0.3, -0.25) is 0 Å². The van der Waals surface area contributed by atoms with Crippen molar-refractivity contribution >= 4 is 23.7 Å². The Bertz CT molecular complexity index is 416. The van der Waals surface area contributed by atoms with Gasteiger partial charge in [-0.05, 0) is 12.1 Å². The lowest BCUT2D eigenvalue weighted by molar-refractivity contribution is 0.0585. The van der Waals surface area contributed by atoms with Crippen LogP contribution in [0.1, 0.15) is 21.0 Å². The zero-order chi connectivity index (χ0) is 13.5. The summed E-state index contributed by atoms with van der Waals surface area (Å²) < 4.78 is 9.15. The van der Waals surface area contributed by atoms with E-state index in [4.69, 9.17) is 5.73 Å². The van der Waals surface area contributed by atoms with E-state index in [1.165, 1.54) is 26.0 Å². The van der Waals surface area contributed by atoms with Crippen molar-refractivity contribution in [3.63, 3.8) is 0 Å². The number of hydrogen-bond donors (Lipinski definition) is 1. The number of aromatic nitrogens is 1. The van der Waals surface area contributed by atoms with Crippen LogP contribution in [0.15, 0.2) is 17.0 Å². The lowest BCUT2D eigenvalue weighted by Crippen LogP contribution is -2.11. The molecular weight excluding hydrogens is 256 g/mol. The van der Waals surface area contributed by atoms with Gasteiger partial charge in [-0.1, -0.05) is 0 Å². The summed E-state index contributed by atoms with van der Waals surface area (Å²) in [5.41, 5.74) is 5.54. The van der Waals surface area contributed by atoms with Crippen LogP contribution in [0.25, 0.3) is 0 Å². The molecule has 98 valence electrons. The molecule has 0 aromatic carbocycles. The van der Waals surface area contributed by atoms with Crippen LogP contribution in [0.2, 0.25) is 0 Å². The molecule has 0 aliphatic rings. The lowest BCUT2D eigenvalue weighted by Gasteiger charge is -2.06. The minimum absolute atomic E-state index is 0.0694. The van der Waals surface area contributed by atoms with Gasteiger partial charge < -0.3 is 15.2 Å². The maximum absolute atomic E-state index is 11.4. The minimum atomic E-state index is -0.602. The molecule has 6 nitrogen and oxygen atoms in total. The first-order valence-electron chi connectivity index (χ1n) is 5.14. The quantitative estimate of drug-likeness (QED) is 0.622. The molecule has 0 aliphatic heterocycles.